The van der Waals surface area contributed by atoms with Gasteiger partial charge in [-0.05, 0) is 57.6 Å². The van der Waals surface area contributed by atoms with Gasteiger partial charge in [-0.3, -0.25) is 0 Å². The molecule has 0 atom stereocenters. The first kappa shape index (κ1) is 17.8. The Hall–Kier alpha value is -3.23. The van der Waals surface area contributed by atoms with Gasteiger partial charge in [-0.25, -0.2) is 4.98 Å². The number of benzene rings is 2. The Balaban J connectivity index is 1.55. The van der Waals surface area contributed by atoms with Crippen LogP contribution in [0.2, 0.25) is 5.02 Å². The molecule has 9 heteroatoms. The first-order chi connectivity index (χ1) is 14.3. The molecular formula is C20H14ClN7S. The normalized spacial score (nSPS) is 11.2. The summed E-state index contributed by atoms with van der Waals surface area (Å²) in [7, 11) is 0. The molecule has 0 radical (unpaired) electrons. The SMILES string of the molecule is Clc1ccc(-c2cnc(Sc3ccc4nnnn4n3)n2Cc2ccccc2)cc1. The largest absolute Gasteiger partial charge is 0.314 e. The minimum atomic E-state index is 0.601. The number of imidazole rings is 1. The second-order valence-electron chi connectivity index (χ2n) is 6.30. The Bertz CT molecular complexity index is 1270. The first-order valence-electron chi connectivity index (χ1n) is 8.85. The number of rotatable bonds is 5. The summed E-state index contributed by atoms with van der Waals surface area (Å²) in [5.41, 5.74) is 3.85. The maximum absolute atomic E-state index is 6.07. The van der Waals surface area contributed by atoms with Crippen LogP contribution in [-0.2, 0) is 6.54 Å². The van der Waals surface area contributed by atoms with Gasteiger partial charge in [-0.2, -0.15) is 0 Å². The van der Waals surface area contributed by atoms with Gasteiger partial charge in [0.1, 0.15) is 5.03 Å². The molecule has 0 bridgehead atoms. The molecule has 0 aliphatic rings. The third-order valence-corrected chi connectivity index (χ3v) is 5.57. The molecule has 0 N–H and O–H groups in total. The van der Waals surface area contributed by atoms with Crippen LogP contribution in [0, 0.1) is 0 Å². The number of hydrogen-bond donors (Lipinski definition) is 0. The van der Waals surface area contributed by atoms with Crippen molar-refractivity contribution in [2.45, 2.75) is 16.7 Å². The standard InChI is InChI=1S/C20H14ClN7S/c21-16-8-6-15(7-9-16)17-12-22-20(27(17)13-14-4-2-1-3-5-14)29-19-11-10-18-23-25-26-28(18)24-19/h1-12H,13H2. The molecule has 0 aliphatic heterocycles. The highest BCUT2D eigenvalue weighted by Crippen LogP contribution is 2.31. The maximum Gasteiger partial charge on any atom is 0.200 e. The van der Waals surface area contributed by atoms with Crippen LogP contribution < -0.4 is 0 Å². The van der Waals surface area contributed by atoms with Gasteiger partial charge in [0.05, 0.1) is 18.4 Å². The molecule has 5 aromatic rings. The molecule has 7 nitrogen and oxygen atoms in total. The molecular weight excluding hydrogens is 406 g/mol. The number of fused-ring (bicyclic) bond motifs is 1. The molecule has 0 unspecified atom stereocenters. The monoisotopic (exact) mass is 419 g/mol. The van der Waals surface area contributed by atoms with Crippen LogP contribution >= 0.6 is 23.4 Å². The van der Waals surface area contributed by atoms with E-state index in [1.807, 2.05) is 60.8 Å². The summed E-state index contributed by atoms with van der Waals surface area (Å²) in [6, 6.07) is 21.8. The lowest BCUT2D eigenvalue weighted by molar-refractivity contribution is 0.694. The minimum absolute atomic E-state index is 0.601. The van der Waals surface area contributed by atoms with E-state index in [1.165, 1.54) is 22.0 Å². The van der Waals surface area contributed by atoms with Gasteiger partial charge >= 0.3 is 0 Å². The van der Waals surface area contributed by atoms with Crippen molar-refractivity contribution in [2.24, 2.45) is 0 Å². The number of hydrogen-bond acceptors (Lipinski definition) is 6. The number of nitrogens with zero attached hydrogens (tertiary/aromatic N) is 7. The van der Waals surface area contributed by atoms with Crippen molar-refractivity contribution in [3.8, 4) is 11.3 Å². The summed E-state index contributed by atoms with van der Waals surface area (Å²) in [5, 5.41) is 18.1. The Morgan fingerprint density at radius 2 is 1.76 bits per heavy atom. The van der Waals surface area contributed by atoms with Crippen LogP contribution in [-0.4, -0.2) is 34.8 Å². The zero-order valence-corrected chi connectivity index (χ0v) is 16.6. The number of halogens is 1. The average Bonchev–Trinajstić information content (AvgIpc) is 3.37. The molecule has 0 saturated carbocycles. The van der Waals surface area contributed by atoms with E-state index in [2.05, 4.69) is 42.3 Å². The molecule has 2 aromatic carbocycles. The second-order valence-corrected chi connectivity index (χ2v) is 7.73. The van der Waals surface area contributed by atoms with E-state index in [0.29, 0.717) is 17.2 Å². The van der Waals surface area contributed by atoms with Gasteiger partial charge in [0, 0.05) is 5.02 Å². The highest BCUT2D eigenvalue weighted by molar-refractivity contribution is 7.99. The fourth-order valence-electron chi connectivity index (χ4n) is 2.99. The highest BCUT2D eigenvalue weighted by atomic mass is 35.5. The summed E-state index contributed by atoms with van der Waals surface area (Å²) in [4.78, 5) is 4.67. The lowest BCUT2D eigenvalue weighted by Gasteiger charge is -2.12. The molecule has 0 aliphatic carbocycles. The Labute approximate surface area is 175 Å². The predicted molar refractivity (Wildman–Crippen MR) is 111 cm³/mol. The molecule has 0 saturated heterocycles. The third kappa shape index (κ3) is 3.72. The van der Waals surface area contributed by atoms with Gasteiger partial charge in [-0.1, -0.05) is 54.1 Å². The van der Waals surface area contributed by atoms with Crippen LogP contribution in [0.1, 0.15) is 5.56 Å². The van der Waals surface area contributed by atoms with Crippen LogP contribution in [0.15, 0.2) is 83.1 Å². The Morgan fingerprint density at radius 1 is 0.931 bits per heavy atom. The molecule has 3 heterocycles. The molecule has 3 aromatic heterocycles. The van der Waals surface area contributed by atoms with Crippen LogP contribution in [0.5, 0.6) is 0 Å². The fraction of sp³-hybridized carbons (Fsp3) is 0.0500. The summed E-state index contributed by atoms with van der Waals surface area (Å²) in [6.07, 6.45) is 1.88. The number of tetrazole rings is 1. The van der Waals surface area contributed by atoms with E-state index in [0.717, 1.165) is 21.4 Å². The van der Waals surface area contributed by atoms with E-state index in [4.69, 9.17) is 11.6 Å². The maximum atomic E-state index is 6.07. The van der Waals surface area contributed by atoms with Crippen LogP contribution in [0.4, 0.5) is 0 Å². The molecule has 0 spiro atoms. The topological polar surface area (TPSA) is 73.8 Å². The summed E-state index contributed by atoms with van der Waals surface area (Å²) < 4.78 is 3.58. The minimum Gasteiger partial charge on any atom is -0.314 e. The van der Waals surface area contributed by atoms with E-state index in [9.17, 15) is 0 Å². The highest BCUT2D eigenvalue weighted by Gasteiger charge is 2.15. The molecule has 0 amide bonds. The van der Waals surface area contributed by atoms with Gasteiger partial charge in [0.15, 0.2) is 10.8 Å². The predicted octanol–water partition coefficient (Wildman–Crippen LogP) is 4.24. The molecule has 29 heavy (non-hydrogen) atoms. The number of aromatic nitrogens is 7. The molecule has 142 valence electrons. The fourth-order valence-corrected chi connectivity index (χ4v) is 3.94. The van der Waals surface area contributed by atoms with E-state index in [-0.39, 0.29) is 0 Å². The van der Waals surface area contributed by atoms with Crippen molar-refractivity contribution in [2.75, 3.05) is 0 Å². The van der Waals surface area contributed by atoms with E-state index in [1.54, 1.807) is 0 Å². The van der Waals surface area contributed by atoms with Crippen molar-refractivity contribution < 1.29 is 0 Å². The van der Waals surface area contributed by atoms with Crippen molar-refractivity contribution in [3.05, 3.63) is 83.5 Å². The van der Waals surface area contributed by atoms with Gasteiger partial charge in [-0.15, -0.1) is 14.8 Å². The zero-order valence-electron chi connectivity index (χ0n) is 15.1. The average molecular weight is 420 g/mol. The Kier molecular flexibility index (Phi) is 4.71. The van der Waals surface area contributed by atoms with E-state index >= 15 is 0 Å². The lowest BCUT2D eigenvalue weighted by Crippen LogP contribution is -2.04. The van der Waals surface area contributed by atoms with Gasteiger partial charge < -0.3 is 4.57 Å². The van der Waals surface area contributed by atoms with Crippen LogP contribution in [0.25, 0.3) is 16.9 Å². The van der Waals surface area contributed by atoms with Crippen molar-refractivity contribution in [1.82, 2.24) is 34.8 Å². The van der Waals surface area contributed by atoms with Crippen molar-refractivity contribution in [3.63, 3.8) is 0 Å². The van der Waals surface area contributed by atoms with Gasteiger partial charge in [0.25, 0.3) is 0 Å². The Morgan fingerprint density at radius 3 is 2.59 bits per heavy atom. The first-order valence-corrected chi connectivity index (χ1v) is 10.0. The smallest absolute Gasteiger partial charge is 0.200 e. The molecule has 0 fully saturated rings. The summed E-state index contributed by atoms with van der Waals surface area (Å²) in [6.45, 7) is 0.689. The summed E-state index contributed by atoms with van der Waals surface area (Å²) >= 11 is 7.53. The quantitative estimate of drug-likeness (QED) is 0.424. The van der Waals surface area contributed by atoms with Gasteiger partial charge in [0.2, 0.25) is 0 Å². The van der Waals surface area contributed by atoms with Crippen LogP contribution in [0.3, 0.4) is 0 Å². The molecule has 5 rings (SSSR count). The summed E-state index contributed by atoms with van der Waals surface area (Å²) in [5.74, 6) is 0. The second kappa shape index (κ2) is 7.65. The third-order valence-electron chi connectivity index (χ3n) is 4.38. The zero-order chi connectivity index (χ0) is 19.6. The van der Waals surface area contributed by atoms with E-state index < -0.39 is 0 Å². The lowest BCUT2D eigenvalue weighted by atomic mass is 10.1. The van der Waals surface area contributed by atoms with Crippen molar-refractivity contribution in [1.29, 1.82) is 0 Å². The van der Waals surface area contributed by atoms with Crippen molar-refractivity contribution >= 4 is 29.0 Å².